The van der Waals surface area contributed by atoms with Crippen LogP contribution in [-0.2, 0) is 11.2 Å². The van der Waals surface area contributed by atoms with Crippen molar-refractivity contribution < 1.29 is 4.79 Å². The number of carbonyl (C=O) groups is 1. The van der Waals surface area contributed by atoms with Crippen LogP contribution in [0.2, 0.25) is 0 Å². The van der Waals surface area contributed by atoms with Crippen LogP contribution in [0.5, 0.6) is 0 Å². The Morgan fingerprint density at radius 1 is 1.41 bits per heavy atom. The molecule has 0 radical (unpaired) electrons. The minimum absolute atomic E-state index is 0.253. The highest BCUT2D eigenvalue weighted by molar-refractivity contribution is 7.80. The van der Waals surface area contributed by atoms with Crippen molar-refractivity contribution in [2.24, 2.45) is 5.92 Å². The Balaban J connectivity index is 1.94. The molecule has 2 nitrogen and oxygen atoms in total. The SMILES string of the molecule is CC1CCCN(C(=O)Cc2ccc(S)cc2)C1. The summed E-state index contributed by atoms with van der Waals surface area (Å²) in [6.45, 7) is 4.06. The average Bonchev–Trinajstić information content (AvgIpc) is 2.32. The quantitative estimate of drug-likeness (QED) is 0.799. The number of benzene rings is 1. The zero-order chi connectivity index (χ0) is 12.3. The summed E-state index contributed by atoms with van der Waals surface area (Å²) in [5.41, 5.74) is 1.08. The summed E-state index contributed by atoms with van der Waals surface area (Å²) in [6.07, 6.45) is 2.90. The lowest BCUT2D eigenvalue weighted by molar-refractivity contribution is -0.132. The predicted octanol–water partition coefficient (Wildman–Crippen LogP) is 2.78. The molecular weight excluding hydrogens is 230 g/mol. The van der Waals surface area contributed by atoms with E-state index in [2.05, 4.69) is 19.6 Å². The number of hydrogen-bond donors (Lipinski definition) is 1. The highest BCUT2D eigenvalue weighted by Crippen LogP contribution is 2.17. The molecular formula is C14H19NOS. The van der Waals surface area contributed by atoms with Crippen LogP contribution in [0.3, 0.4) is 0 Å². The molecule has 0 saturated carbocycles. The Morgan fingerprint density at radius 2 is 2.12 bits per heavy atom. The van der Waals surface area contributed by atoms with Crippen molar-refractivity contribution in [3.63, 3.8) is 0 Å². The van der Waals surface area contributed by atoms with Crippen molar-refractivity contribution in [3.05, 3.63) is 29.8 Å². The maximum absolute atomic E-state index is 12.1. The lowest BCUT2D eigenvalue weighted by Gasteiger charge is -2.31. The number of carbonyl (C=O) groups excluding carboxylic acids is 1. The molecule has 0 spiro atoms. The molecule has 1 aliphatic heterocycles. The van der Waals surface area contributed by atoms with Gasteiger partial charge in [-0.05, 0) is 36.5 Å². The van der Waals surface area contributed by atoms with Gasteiger partial charge in [-0.25, -0.2) is 0 Å². The van der Waals surface area contributed by atoms with Gasteiger partial charge >= 0.3 is 0 Å². The lowest BCUT2D eigenvalue weighted by atomic mass is 9.99. The molecule has 1 aromatic carbocycles. The second kappa shape index (κ2) is 5.58. The summed E-state index contributed by atoms with van der Waals surface area (Å²) < 4.78 is 0. The molecule has 0 bridgehead atoms. The van der Waals surface area contributed by atoms with Crippen LogP contribution < -0.4 is 0 Å². The summed E-state index contributed by atoms with van der Waals surface area (Å²) in [5.74, 6) is 0.899. The van der Waals surface area contributed by atoms with E-state index in [9.17, 15) is 4.79 Å². The van der Waals surface area contributed by atoms with E-state index in [0.29, 0.717) is 12.3 Å². The molecule has 0 N–H and O–H groups in total. The van der Waals surface area contributed by atoms with Crippen LogP contribution in [-0.4, -0.2) is 23.9 Å². The van der Waals surface area contributed by atoms with E-state index in [1.807, 2.05) is 29.2 Å². The molecule has 3 heteroatoms. The Morgan fingerprint density at radius 3 is 2.76 bits per heavy atom. The number of amides is 1. The van der Waals surface area contributed by atoms with Gasteiger partial charge < -0.3 is 4.90 Å². The molecule has 92 valence electrons. The average molecular weight is 249 g/mol. The molecule has 1 heterocycles. The van der Waals surface area contributed by atoms with E-state index in [1.165, 1.54) is 6.42 Å². The molecule has 1 fully saturated rings. The van der Waals surface area contributed by atoms with Crippen LogP contribution in [0.25, 0.3) is 0 Å². The Labute approximate surface area is 108 Å². The van der Waals surface area contributed by atoms with Crippen molar-refractivity contribution in [2.75, 3.05) is 13.1 Å². The third-order valence-electron chi connectivity index (χ3n) is 3.30. The van der Waals surface area contributed by atoms with Crippen LogP contribution >= 0.6 is 12.6 Å². The first-order valence-corrected chi connectivity index (χ1v) is 6.65. The van der Waals surface area contributed by atoms with Crippen molar-refractivity contribution in [2.45, 2.75) is 31.1 Å². The maximum atomic E-state index is 12.1. The smallest absolute Gasteiger partial charge is 0.226 e. The van der Waals surface area contributed by atoms with Crippen LogP contribution in [0.4, 0.5) is 0 Å². The first-order valence-electron chi connectivity index (χ1n) is 6.21. The largest absolute Gasteiger partial charge is 0.342 e. The second-order valence-corrected chi connectivity index (χ2v) is 5.45. The highest BCUT2D eigenvalue weighted by Gasteiger charge is 2.20. The summed E-state index contributed by atoms with van der Waals surface area (Å²) >= 11 is 4.24. The topological polar surface area (TPSA) is 20.3 Å². The first-order chi connectivity index (χ1) is 8.15. The molecule has 1 saturated heterocycles. The standard InChI is InChI=1S/C14H19NOS/c1-11-3-2-8-15(10-11)14(16)9-12-4-6-13(17)7-5-12/h4-7,11,17H,2-3,8-10H2,1H3. The van der Waals surface area contributed by atoms with Crippen molar-refractivity contribution >= 4 is 18.5 Å². The number of rotatable bonds is 2. The highest BCUT2D eigenvalue weighted by atomic mass is 32.1. The summed E-state index contributed by atoms with van der Waals surface area (Å²) in [4.78, 5) is 15.0. The molecule has 1 amide bonds. The van der Waals surface area contributed by atoms with E-state index in [1.54, 1.807) is 0 Å². The fourth-order valence-electron chi connectivity index (χ4n) is 2.32. The summed E-state index contributed by atoms with van der Waals surface area (Å²) in [7, 11) is 0. The van der Waals surface area contributed by atoms with Crippen molar-refractivity contribution in [3.8, 4) is 0 Å². The van der Waals surface area contributed by atoms with Gasteiger partial charge in [-0.2, -0.15) is 0 Å². The fraction of sp³-hybridized carbons (Fsp3) is 0.500. The van der Waals surface area contributed by atoms with Gasteiger partial charge in [-0.1, -0.05) is 19.1 Å². The second-order valence-electron chi connectivity index (χ2n) is 4.93. The molecule has 1 unspecified atom stereocenters. The molecule has 1 aromatic rings. The van der Waals surface area contributed by atoms with Gasteiger partial charge in [-0.15, -0.1) is 12.6 Å². The van der Waals surface area contributed by atoms with Gasteiger partial charge in [0.05, 0.1) is 6.42 Å². The number of likely N-dealkylation sites (tertiary alicyclic amines) is 1. The Bertz CT molecular complexity index is 388. The van der Waals surface area contributed by atoms with Gasteiger partial charge in [-0.3, -0.25) is 4.79 Å². The first kappa shape index (κ1) is 12.5. The number of nitrogens with zero attached hydrogens (tertiary/aromatic N) is 1. The van der Waals surface area contributed by atoms with E-state index in [4.69, 9.17) is 0 Å². The maximum Gasteiger partial charge on any atom is 0.226 e. The zero-order valence-electron chi connectivity index (χ0n) is 10.2. The summed E-state index contributed by atoms with van der Waals surface area (Å²) in [5, 5.41) is 0. The van der Waals surface area contributed by atoms with E-state index < -0.39 is 0 Å². The van der Waals surface area contributed by atoms with Crippen LogP contribution in [0.1, 0.15) is 25.3 Å². The molecule has 2 rings (SSSR count). The Hall–Kier alpha value is -0.960. The number of thiol groups is 1. The predicted molar refractivity (Wildman–Crippen MR) is 72.4 cm³/mol. The van der Waals surface area contributed by atoms with E-state index >= 15 is 0 Å². The van der Waals surface area contributed by atoms with E-state index in [0.717, 1.165) is 30.0 Å². The van der Waals surface area contributed by atoms with Gasteiger partial charge in [0.2, 0.25) is 5.91 Å². The molecule has 1 aliphatic rings. The van der Waals surface area contributed by atoms with Gasteiger partial charge in [0.15, 0.2) is 0 Å². The molecule has 0 aromatic heterocycles. The lowest BCUT2D eigenvalue weighted by Crippen LogP contribution is -2.39. The molecule has 1 atom stereocenters. The van der Waals surface area contributed by atoms with Crippen LogP contribution in [0.15, 0.2) is 29.2 Å². The number of piperidine rings is 1. The third kappa shape index (κ3) is 3.50. The van der Waals surface area contributed by atoms with Crippen LogP contribution in [0, 0.1) is 5.92 Å². The minimum atomic E-state index is 0.253. The van der Waals surface area contributed by atoms with Crippen molar-refractivity contribution in [1.29, 1.82) is 0 Å². The van der Waals surface area contributed by atoms with Crippen molar-refractivity contribution in [1.82, 2.24) is 4.90 Å². The minimum Gasteiger partial charge on any atom is -0.342 e. The molecule has 0 aliphatic carbocycles. The molecule has 17 heavy (non-hydrogen) atoms. The van der Waals surface area contributed by atoms with Gasteiger partial charge in [0.25, 0.3) is 0 Å². The normalized spacial score (nSPS) is 20.4. The Kier molecular flexibility index (Phi) is 4.11. The summed E-state index contributed by atoms with van der Waals surface area (Å²) in [6, 6.07) is 7.83. The van der Waals surface area contributed by atoms with Gasteiger partial charge in [0.1, 0.15) is 0 Å². The van der Waals surface area contributed by atoms with E-state index in [-0.39, 0.29) is 5.91 Å². The van der Waals surface area contributed by atoms with Gasteiger partial charge in [0, 0.05) is 18.0 Å². The zero-order valence-corrected chi connectivity index (χ0v) is 11.1. The monoisotopic (exact) mass is 249 g/mol. The fourth-order valence-corrected chi connectivity index (χ4v) is 2.47. The third-order valence-corrected chi connectivity index (χ3v) is 3.60. The number of hydrogen-bond acceptors (Lipinski definition) is 2.